The zero-order chi connectivity index (χ0) is 13.7. The smallest absolute Gasteiger partial charge is 0.0749 e. The van der Waals surface area contributed by atoms with Crippen molar-refractivity contribution >= 4 is 17.4 Å². The van der Waals surface area contributed by atoms with Gasteiger partial charge in [-0.1, -0.05) is 6.07 Å². The van der Waals surface area contributed by atoms with Gasteiger partial charge in [0, 0.05) is 42.9 Å². The summed E-state index contributed by atoms with van der Waals surface area (Å²) in [5.74, 6) is 0. The lowest BCUT2D eigenvalue weighted by Gasteiger charge is -2.30. The molecule has 2 N–H and O–H groups in total. The Labute approximate surface area is 120 Å². The first kappa shape index (κ1) is 14.7. The van der Waals surface area contributed by atoms with Crippen molar-refractivity contribution in [3.05, 3.63) is 23.8 Å². The highest BCUT2D eigenvalue weighted by atomic mass is 32.2. The van der Waals surface area contributed by atoms with Gasteiger partial charge < -0.3 is 15.4 Å². The highest BCUT2D eigenvalue weighted by Gasteiger charge is 2.18. The summed E-state index contributed by atoms with van der Waals surface area (Å²) in [5.41, 5.74) is 8.41. The van der Waals surface area contributed by atoms with Crippen LogP contribution in [0.15, 0.2) is 23.1 Å². The van der Waals surface area contributed by atoms with Gasteiger partial charge in [0.05, 0.1) is 6.10 Å². The number of anilines is 1. The minimum Gasteiger partial charge on any atom is -0.376 e. The molecule has 1 aromatic rings. The second-order valence-corrected chi connectivity index (χ2v) is 5.88. The number of likely N-dealkylation sites (N-methyl/N-ethyl adjacent to an activating group) is 1. The van der Waals surface area contributed by atoms with Gasteiger partial charge in [0.1, 0.15) is 0 Å². The number of nitrogens with zero attached hydrogens (tertiary/aromatic N) is 1. The summed E-state index contributed by atoms with van der Waals surface area (Å²) in [4.78, 5) is 3.56. The Balaban J connectivity index is 2.11. The third-order valence-electron chi connectivity index (χ3n) is 3.70. The molecule has 2 rings (SSSR count). The van der Waals surface area contributed by atoms with Crippen LogP contribution < -0.4 is 10.6 Å². The molecule has 1 heterocycles. The largest absolute Gasteiger partial charge is 0.376 e. The maximum Gasteiger partial charge on any atom is 0.0749 e. The minimum absolute atomic E-state index is 0.363. The van der Waals surface area contributed by atoms with Crippen molar-refractivity contribution in [2.75, 3.05) is 31.4 Å². The topological polar surface area (TPSA) is 38.5 Å². The maximum absolute atomic E-state index is 5.93. The normalized spacial score (nSPS) is 19.4. The van der Waals surface area contributed by atoms with E-state index in [1.165, 1.54) is 35.4 Å². The molecule has 0 aromatic heterocycles. The van der Waals surface area contributed by atoms with E-state index < -0.39 is 0 Å². The van der Waals surface area contributed by atoms with Crippen molar-refractivity contribution in [3.63, 3.8) is 0 Å². The Morgan fingerprint density at radius 1 is 1.42 bits per heavy atom. The molecule has 19 heavy (non-hydrogen) atoms. The molecule has 106 valence electrons. The number of rotatable bonds is 5. The van der Waals surface area contributed by atoms with E-state index in [-0.39, 0.29) is 0 Å². The first-order chi connectivity index (χ1) is 9.26. The second-order valence-electron chi connectivity index (χ2n) is 5.03. The number of ether oxygens (including phenoxy) is 1. The van der Waals surface area contributed by atoms with Crippen LogP contribution in [0.5, 0.6) is 0 Å². The summed E-state index contributed by atoms with van der Waals surface area (Å²) in [7, 11) is 2.14. The van der Waals surface area contributed by atoms with Crippen LogP contribution in [0.3, 0.4) is 0 Å². The predicted octanol–water partition coefficient (Wildman–Crippen LogP) is 2.87. The van der Waals surface area contributed by atoms with E-state index in [0.717, 1.165) is 13.2 Å². The van der Waals surface area contributed by atoms with Crippen molar-refractivity contribution < 1.29 is 4.74 Å². The average molecular weight is 280 g/mol. The van der Waals surface area contributed by atoms with Crippen LogP contribution in [-0.4, -0.2) is 32.6 Å². The minimum atomic E-state index is 0.363. The maximum atomic E-state index is 5.93. The standard InChI is InChI=1S/C15H24N2OS/c1-17(11-12-6-3-4-9-18-12)14-7-5-8-15(19-2)13(14)10-16/h5,7-8,12H,3-4,6,9-11,16H2,1-2H3. The molecule has 1 fully saturated rings. The summed E-state index contributed by atoms with van der Waals surface area (Å²) in [6.07, 6.45) is 6.12. The quantitative estimate of drug-likeness (QED) is 0.842. The zero-order valence-corrected chi connectivity index (χ0v) is 12.7. The molecule has 0 saturated carbocycles. The Morgan fingerprint density at radius 2 is 2.26 bits per heavy atom. The fourth-order valence-electron chi connectivity index (χ4n) is 2.66. The van der Waals surface area contributed by atoms with Gasteiger partial charge in [-0.2, -0.15) is 0 Å². The van der Waals surface area contributed by atoms with Crippen molar-refractivity contribution in [2.24, 2.45) is 5.73 Å². The summed E-state index contributed by atoms with van der Waals surface area (Å²) >= 11 is 1.76. The molecule has 1 aliphatic heterocycles. The fourth-order valence-corrected chi connectivity index (χ4v) is 3.31. The SMILES string of the molecule is CSc1cccc(N(C)CC2CCCCO2)c1CN. The lowest BCUT2D eigenvalue weighted by molar-refractivity contribution is 0.0216. The lowest BCUT2D eigenvalue weighted by atomic mass is 10.1. The molecule has 4 heteroatoms. The molecule has 1 unspecified atom stereocenters. The van der Waals surface area contributed by atoms with Crippen LogP contribution in [0.4, 0.5) is 5.69 Å². The summed E-state index contributed by atoms with van der Waals surface area (Å²) in [5, 5.41) is 0. The van der Waals surface area contributed by atoms with Gasteiger partial charge in [-0.3, -0.25) is 0 Å². The van der Waals surface area contributed by atoms with E-state index >= 15 is 0 Å². The molecular formula is C15H24N2OS. The van der Waals surface area contributed by atoms with Crippen LogP contribution in [0.2, 0.25) is 0 Å². The highest BCUT2D eigenvalue weighted by Crippen LogP contribution is 2.29. The highest BCUT2D eigenvalue weighted by molar-refractivity contribution is 7.98. The van der Waals surface area contributed by atoms with E-state index in [9.17, 15) is 0 Å². The third-order valence-corrected chi connectivity index (χ3v) is 4.52. The van der Waals surface area contributed by atoms with Crippen molar-refractivity contribution in [3.8, 4) is 0 Å². The van der Waals surface area contributed by atoms with Gasteiger partial charge in [-0.25, -0.2) is 0 Å². The van der Waals surface area contributed by atoms with E-state index in [1.54, 1.807) is 11.8 Å². The van der Waals surface area contributed by atoms with E-state index in [0.29, 0.717) is 12.6 Å². The number of nitrogens with two attached hydrogens (primary N) is 1. The average Bonchev–Trinajstić information content (AvgIpc) is 2.47. The Morgan fingerprint density at radius 3 is 2.89 bits per heavy atom. The Kier molecular flexibility index (Phi) is 5.55. The van der Waals surface area contributed by atoms with Gasteiger partial charge in [-0.05, 0) is 37.7 Å². The van der Waals surface area contributed by atoms with Crippen LogP contribution in [0.1, 0.15) is 24.8 Å². The lowest BCUT2D eigenvalue weighted by Crippen LogP contribution is -2.34. The van der Waals surface area contributed by atoms with Crippen LogP contribution in [0.25, 0.3) is 0 Å². The van der Waals surface area contributed by atoms with Gasteiger partial charge in [0.25, 0.3) is 0 Å². The number of thioether (sulfide) groups is 1. The second kappa shape index (κ2) is 7.17. The number of hydrogen-bond donors (Lipinski definition) is 1. The van der Waals surface area contributed by atoms with Crippen LogP contribution >= 0.6 is 11.8 Å². The molecule has 0 aliphatic carbocycles. The van der Waals surface area contributed by atoms with E-state index in [2.05, 4.69) is 36.4 Å². The molecular weight excluding hydrogens is 256 g/mol. The van der Waals surface area contributed by atoms with Gasteiger partial charge in [-0.15, -0.1) is 11.8 Å². The van der Waals surface area contributed by atoms with E-state index in [1.807, 2.05) is 0 Å². The van der Waals surface area contributed by atoms with Crippen molar-refractivity contribution in [2.45, 2.75) is 36.8 Å². The summed E-state index contributed by atoms with van der Waals surface area (Å²) < 4.78 is 5.82. The van der Waals surface area contributed by atoms with Crippen molar-refractivity contribution in [1.82, 2.24) is 0 Å². The fraction of sp³-hybridized carbons (Fsp3) is 0.600. The molecule has 1 saturated heterocycles. The molecule has 3 nitrogen and oxygen atoms in total. The Bertz CT molecular complexity index is 405. The molecule has 0 amide bonds. The van der Waals surface area contributed by atoms with Gasteiger partial charge in [0.2, 0.25) is 0 Å². The summed E-state index contributed by atoms with van der Waals surface area (Å²) in [6, 6.07) is 6.41. The Hall–Kier alpha value is -0.710. The monoisotopic (exact) mass is 280 g/mol. The number of hydrogen-bond acceptors (Lipinski definition) is 4. The summed E-state index contributed by atoms with van der Waals surface area (Å²) in [6.45, 7) is 2.44. The first-order valence-corrected chi connectivity index (χ1v) is 8.17. The molecule has 1 atom stereocenters. The third kappa shape index (κ3) is 3.65. The van der Waals surface area contributed by atoms with Gasteiger partial charge in [0.15, 0.2) is 0 Å². The predicted molar refractivity (Wildman–Crippen MR) is 83.0 cm³/mol. The molecule has 1 aliphatic rings. The van der Waals surface area contributed by atoms with Crippen molar-refractivity contribution in [1.29, 1.82) is 0 Å². The molecule has 0 spiro atoms. The number of benzene rings is 1. The zero-order valence-electron chi connectivity index (χ0n) is 11.9. The van der Waals surface area contributed by atoms with E-state index in [4.69, 9.17) is 10.5 Å². The first-order valence-electron chi connectivity index (χ1n) is 6.95. The molecule has 0 radical (unpaired) electrons. The van der Waals surface area contributed by atoms with Gasteiger partial charge >= 0.3 is 0 Å². The molecule has 1 aromatic carbocycles. The molecule has 0 bridgehead atoms. The van der Waals surface area contributed by atoms with Crippen LogP contribution in [0, 0.1) is 0 Å². The van der Waals surface area contributed by atoms with Crippen LogP contribution in [-0.2, 0) is 11.3 Å².